The number of nitrogens with zero attached hydrogens (tertiary/aromatic N) is 5. The number of rotatable bonds is 6. The number of fused-ring (bicyclic) bond motifs is 1. The molecule has 2 N–H and O–H groups in total. The summed E-state index contributed by atoms with van der Waals surface area (Å²) in [6.07, 6.45) is 3.47. The first kappa shape index (κ1) is 24.1. The smallest absolute Gasteiger partial charge is 0.247 e. The van der Waals surface area contributed by atoms with Crippen molar-refractivity contribution in [1.29, 1.82) is 0 Å². The lowest BCUT2D eigenvalue weighted by Crippen LogP contribution is -2.49. The van der Waals surface area contributed by atoms with Gasteiger partial charge in [0, 0.05) is 31.4 Å². The van der Waals surface area contributed by atoms with Crippen LogP contribution < -0.4 is 15.5 Å². The second-order valence-corrected chi connectivity index (χ2v) is 8.30. The molecular weight excluding hydrogens is 428 g/mol. The second-order valence-electron chi connectivity index (χ2n) is 8.30. The van der Waals surface area contributed by atoms with Crippen LogP contribution in [0.3, 0.4) is 0 Å². The van der Waals surface area contributed by atoms with Crippen molar-refractivity contribution in [2.45, 2.75) is 47.3 Å². The standard InChI is InChI=1S/C22H25F2N7O.CH4/c1-12(2)19-21(32)28-18-13(3)27-22(29-20(18)30(19)4)25-8-15-9-26-31(11-15)10-14-5-16(23)7-17(24)6-14;/h5-7,9,11-12,19H,8,10H2,1-4H3,(H,28,32)(H,25,27,29);1H4/t19-;/m0./s1. The lowest BCUT2D eigenvalue weighted by molar-refractivity contribution is -0.118. The van der Waals surface area contributed by atoms with E-state index in [0.717, 1.165) is 11.6 Å². The quantitative estimate of drug-likeness (QED) is 0.582. The van der Waals surface area contributed by atoms with Crippen molar-refractivity contribution >= 4 is 23.4 Å². The van der Waals surface area contributed by atoms with Crippen LogP contribution >= 0.6 is 0 Å². The number of amides is 1. The van der Waals surface area contributed by atoms with Crippen molar-refractivity contribution in [1.82, 2.24) is 19.7 Å². The Hall–Kier alpha value is -3.56. The van der Waals surface area contributed by atoms with Crippen LogP contribution in [0.4, 0.5) is 26.2 Å². The molecule has 1 aliphatic heterocycles. The molecule has 1 atom stereocenters. The highest BCUT2D eigenvalue weighted by Gasteiger charge is 2.35. The maximum Gasteiger partial charge on any atom is 0.247 e. The van der Waals surface area contributed by atoms with Crippen molar-refractivity contribution in [2.75, 3.05) is 22.6 Å². The van der Waals surface area contributed by atoms with Crippen LogP contribution in [-0.4, -0.2) is 38.7 Å². The highest BCUT2D eigenvalue weighted by atomic mass is 19.1. The number of nitrogens with one attached hydrogen (secondary N) is 2. The van der Waals surface area contributed by atoms with E-state index in [-0.39, 0.29) is 31.8 Å². The number of benzene rings is 1. The van der Waals surface area contributed by atoms with Crippen LogP contribution in [0.2, 0.25) is 0 Å². The van der Waals surface area contributed by atoms with E-state index < -0.39 is 11.6 Å². The van der Waals surface area contributed by atoms with E-state index in [0.29, 0.717) is 35.3 Å². The average Bonchev–Trinajstić information content (AvgIpc) is 3.13. The molecule has 3 aromatic rings. The highest BCUT2D eigenvalue weighted by molar-refractivity contribution is 6.03. The third-order valence-corrected chi connectivity index (χ3v) is 5.37. The molecule has 1 amide bonds. The third-order valence-electron chi connectivity index (χ3n) is 5.37. The fourth-order valence-corrected chi connectivity index (χ4v) is 3.95. The number of carbonyl (C=O) groups excluding carboxylic acids is 1. The Morgan fingerprint density at radius 2 is 1.85 bits per heavy atom. The molecule has 0 bridgehead atoms. The van der Waals surface area contributed by atoms with E-state index in [1.165, 1.54) is 12.1 Å². The van der Waals surface area contributed by atoms with Gasteiger partial charge < -0.3 is 15.5 Å². The summed E-state index contributed by atoms with van der Waals surface area (Å²) < 4.78 is 28.4. The molecule has 0 saturated carbocycles. The molecule has 0 unspecified atom stereocenters. The minimum Gasteiger partial charge on any atom is -0.350 e. The zero-order valence-electron chi connectivity index (χ0n) is 18.4. The van der Waals surface area contributed by atoms with Crippen molar-refractivity contribution < 1.29 is 13.6 Å². The lowest BCUT2D eigenvalue weighted by Gasteiger charge is -2.36. The highest BCUT2D eigenvalue weighted by Crippen LogP contribution is 2.34. The van der Waals surface area contributed by atoms with Crippen LogP contribution in [0.1, 0.15) is 38.1 Å². The van der Waals surface area contributed by atoms with Crippen molar-refractivity contribution in [3.63, 3.8) is 0 Å². The van der Waals surface area contributed by atoms with Crippen LogP contribution in [0, 0.1) is 24.5 Å². The number of likely N-dealkylation sites (N-methyl/N-ethyl adjacent to an activating group) is 1. The molecule has 176 valence electrons. The van der Waals surface area contributed by atoms with E-state index in [9.17, 15) is 13.6 Å². The van der Waals surface area contributed by atoms with Gasteiger partial charge in [0.25, 0.3) is 0 Å². The topological polar surface area (TPSA) is 88.0 Å². The summed E-state index contributed by atoms with van der Waals surface area (Å²) in [7, 11) is 1.86. The van der Waals surface area contributed by atoms with Crippen LogP contribution in [0.5, 0.6) is 0 Å². The summed E-state index contributed by atoms with van der Waals surface area (Å²) in [5, 5.41) is 10.4. The first-order chi connectivity index (χ1) is 15.2. The monoisotopic (exact) mass is 457 g/mol. The van der Waals surface area contributed by atoms with Gasteiger partial charge in [-0.15, -0.1) is 0 Å². The summed E-state index contributed by atoms with van der Waals surface area (Å²) in [4.78, 5) is 23.4. The number of carbonyl (C=O) groups is 1. The molecule has 4 rings (SSSR count). The van der Waals surface area contributed by atoms with Gasteiger partial charge in [0.1, 0.15) is 23.4 Å². The number of aryl methyl sites for hydroxylation is 1. The van der Waals surface area contributed by atoms with Crippen LogP contribution in [-0.2, 0) is 17.9 Å². The van der Waals surface area contributed by atoms with Crippen LogP contribution in [0.15, 0.2) is 30.6 Å². The van der Waals surface area contributed by atoms with Gasteiger partial charge in [-0.2, -0.15) is 10.1 Å². The summed E-state index contributed by atoms with van der Waals surface area (Å²) in [6.45, 7) is 6.49. The Morgan fingerprint density at radius 1 is 1.15 bits per heavy atom. The van der Waals surface area contributed by atoms with Crippen molar-refractivity contribution in [2.24, 2.45) is 5.92 Å². The Kier molecular flexibility index (Phi) is 6.95. The molecular formula is C23H29F2N7O. The van der Waals surface area contributed by atoms with Gasteiger partial charge in [0.05, 0.1) is 18.4 Å². The number of hydrogen-bond acceptors (Lipinski definition) is 6. The Bertz CT molecular complexity index is 1140. The normalized spacial score (nSPS) is 15.2. The van der Waals surface area contributed by atoms with Gasteiger partial charge in [-0.25, -0.2) is 13.8 Å². The maximum absolute atomic E-state index is 13.4. The lowest BCUT2D eigenvalue weighted by atomic mass is 9.99. The Balaban J connectivity index is 0.00000306. The molecule has 3 heterocycles. The summed E-state index contributed by atoms with van der Waals surface area (Å²) >= 11 is 0. The van der Waals surface area contributed by atoms with Gasteiger partial charge in [-0.05, 0) is 30.5 Å². The molecule has 0 radical (unpaired) electrons. The zero-order valence-corrected chi connectivity index (χ0v) is 18.4. The molecule has 33 heavy (non-hydrogen) atoms. The van der Waals surface area contributed by atoms with Crippen molar-refractivity contribution in [3.8, 4) is 0 Å². The molecule has 0 fully saturated rings. The van der Waals surface area contributed by atoms with Crippen LogP contribution in [0.25, 0.3) is 0 Å². The fourth-order valence-electron chi connectivity index (χ4n) is 3.95. The zero-order chi connectivity index (χ0) is 23.0. The predicted octanol–water partition coefficient (Wildman–Crippen LogP) is 3.97. The maximum atomic E-state index is 13.4. The number of hydrogen-bond donors (Lipinski definition) is 2. The van der Waals surface area contributed by atoms with E-state index in [1.807, 2.05) is 32.7 Å². The summed E-state index contributed by atoms with van der Waals surface area (Å²) in [5.74, 6) is -0.0660. The fraction of sp³-hybridized carbons (Fsp3) is 0.391. The average molecular weight is 458 g/mol. The predicted molar refractivity (Wildman–Crippen MR) is 124 cm³/mol. The van der Waals surface area contributed by atoms with Gasteiger partial charge >= 0.3 is 0 Å². The summed E-state index contributed by atoms with van der Waals surface area (Å²) in [5.41, 5.74) is 2.64. The molecule has 10 heteroatoms. The first-order valence-corrected chi connectivity index (χ1v) is 10.3. The van der Waals surface area contributed by atoms with Gasteiger partial charge in [-0.3, -0.25) is 9.48 Å². The Labute approximate surface area is 192 Å². The Morgan fingerprint density at radius 3 is 2.52 bits per heavy atom. The largest absolute Gasteiger partial charge is 0.350 e. The number of aromatic nitrogens is 4. The minimum atomic E-state index is -0.616. The van der Waals surface area contributed by atoms with E-state index >= 15 is 0 Å². The van der Waals surface area contributed by atoms with Crippen molar-refractivity contribution in [3.05, 3.63) is 59.0 Å². The molecule has 1 aliphatic rings. The van der Waals surface area contributed by atoms with Gasteiger partial charge in [0.2, 0.25) is 11.9 Å². The third kappa shape index (κ3) is 5.10. The van der Waals surface area contributed by atoms with Gasteiger partial charge in [-0.1, -0.05) is 21.3 Å². The SMILES string of the molecule is C.Cc1nc(NCc2cnn(Cc3cc(F)cc(F)c3)c2)nc2c1NC(=O)[C@H](C(C)C)N2C. The van der Waals surface area contributed by atoms with Gasteiger partial charge in [0.15, 0.2) is 5.82 Å². The molecule has 0 aliphatic carbocycles. The minimum absolute atomic E-state index is 0. The molecule has 0 saturated heterocycles. The van der Waals surface area contributed by atoms with E-state index in [4.69, 9.17) is 0 Å². The molecule has 8 nitrogen and oxygen atoms in total. The first-order valence-electron chi connectivity index (χ1n) is 10.3. The molecule has 1 aromatic carbocycles. The van der Waals surface area contributed by atoms with E-state index in [1.54, 1.807) is 17.1 Å². The summed E-state index contributed by atoms with van der Waals surface area (Å²) in [6, 6.07) is 3.10. The second kappa shape index (κ2) is 9.51. The molecule has 2 aromatic heterocycles. The number of anilines is 3. The molecule has 0 spiro atoms. The van der Waals surface area contributed by atoms with E-state index in [2.05, 4.69) is 25.7 Å². The number of halogens is 2.